The quantitative estimate of drug-likeness (QED) is 0.792. The zero-order chi connectivity index (χ0) is 14.0. The van der Waals surface area contributed by atoms with E-state index in [9.17, 15) is 14.7 Å². The molecule has 1 amide bonds. The van der Waals surface area contributed by atoms with Crippen LogP contribution in [0.1, 0.15) is 51.9 Å². The lowest BCUT2D eigenvalue weighted by atomic mass is 9.80. The standard InChI is InChI=1S/C14H24N2O3/c1-10-6-5-9-16(11(10)12(17)18)13(19)14(15)7-3-2-4-8-14/h10-11H,2-9,15H2,1H3,(H,17,18). The van der Waals surface area contributed by atoms with Crippen molar-refractivity contribution in [3.8, 4) is 0 Å². The second-order valence-electron chi connectivity index (χ2n) is 6.12. The number of carboxylic acid groups (broad SMARTS) is 1. The molecule has 2 fully saturated rings. The van der Waals surface area contributed by atoms with Gasteiger partial charge in [-0.2, -0.15) is 0 Å². The van der Waals surface area contributed by atoms with E-state index in [1.165, 1.54) is 4.90 Å². The first kappa shape index (κ1) is 14.3. The summed E-state index contributed by atoms with van der Waals surface area (Å²) < 4.78 is 0. The van der Waals surface area contributed by atoms with E-state index in [0.29, 0.717) is 19.4 Å². The smallest absolute Gasteiger partial charge is 0.326 e. The predicted octanol–water partition coefficient (Wildman–Crippen LogP) is 1.36. The number of rotatable bonds is 2. The number of aliphatic carboxylic acids is 1. The maximum atomic E-state index is 12.7. The van der Waals surface area contributed by atoms with E-state index in [1.54, 1.807) is 0 Å². The third-order valence-electron chi connectivity index (χ3n) is 4.62. The molecule has 1 aliphatic carbocycles. The molecule has 2 rings (SSSR count). The fourth-order valence-corrected chi connectivity index (χ4v) is 3.47. The zero-order valence-corrected chi connectivity index (χ0v) is 11.6. The SMILES string of the molecule is CC1CCCN(C(=O)C2(N)CCCCC2)C1C(=O)O. The molecular weight excluding hydrogens is 244 g/mol. The van der Waals surface area contributed by atoms with Gasteiger partial charge in [0.2, 0.25) is 5.91 Å². The monoisotopic (exact) mass is 268 g/mol. The van der Waals surface area contributed by atoms with Crippen LogP contribution in [-0.2, 0) is 9.59 Å². The van der Waals surface area contributed by atoms with E-state index in [1.807, 2.05) is 6.92 Å². The molecule has 1 saturated heterocycles. The predicted molar refractivity (Wildman–Crippen MR) is 71.5 cm³/mol. The van der Waals surface area contributed by atoms with Crippen molar-refractivity contribution in [2.75, 3.05) is 6.54 Å². The summed E-state index contributed by atoms with van der Waals surface area (Å²) in [7, 11) is 0. The number of piperidine rings is 1. The average Bonchev–Trinajstić information content (AvgIpc) is 2.38. The minimum absolute atomic E-state index is 0.00221. The highest BCUT2D eigenvalue weighted by molar-refractivity contribution is 5.90. The Morgan fingerprint density at radius 3 is 2.42 bits per heavy atom. The van der Waals surface area contributed by atoms with Crippen molar-refractivity contribution in [3.63, 3.8) is 0 Å². The fraction of sp³-hybridized carbons (Fsp3) is 0.857. The third kappa shape index (κ3) is 2.76. The van der Waals surface area contributed by atoms with E-state index in [2.05, 4.69) is 0 Å². The van der Waals surface area contributed by atoms with E-state index < -0.39 is 17.6 Å². The van der Waals surface area contributed by atoms with Gasteiger partial charge in [-0.1, -0.05) is 26.2 Å². The Hall–Kier alpha value is -1.10. The van der Waals surface area contributed by atoms with Crippen LogP contribution in [0.15, 0.2) is 0 Å². The van der Waals surface area contributed by atoms with Crippen molar-refractivity contribution < 1.29 is 14.7 Å². The van der Waals surface area contributed by atoms with Crippen molar-refractivity contribution in [1.82, 2.24) is 4.90 Å². The summed E-state index contributed by atoms with van der Waals surface area (Å²) in [6, 6.07) is -0.705. The maximum Gasteiger partial charge on any atom is 0.326 e. The molecule has 2 aliphatic rings. The minimum atomic E-state index is -0.903. The van der Waals surface area contributed by atoms with E-state index in [4.69, 9.17) is 5.73 Å². The van der Waals surface area contributed by atoms with Crippen LogP contribution in [0.5, 0.6) is 0 Å². The second kappa shape index (κ2) is 5.49. The Labute approximate surface area is 114 Å². The first-order chi connectivity index (χ1) is 8.96. The fourth-order valence-electron chi connectivity index (χ4n) is 3.47. The van der Waals surface area contributed by atoms with Crippen LogP contribution in [0.4, 0.5) is 0 Å². The third-order valence-corrected chi connectivity index (χ3v) is 4.62. The molecule has 0 aromatic rings. The van der Waals surface area contributed by atoms with Gasteiger partial charge in [-0.05, 0) is 31.6 Å². The van der Waals surface area contributed by atoms with Gasteiger partial charge in [0.05, 0.1) is 5.54 Å². The van der Waals surface area contributed by atoms with Crippen LogP contribution < -0.4 is 5.73 Å². The Morgan fingerprint density at radius 2 is 1.84 bits per heavy atom. The highest BCUT2D eigenvalue weighted by Gasteiger charge is 2.44. The molecule has 2 unspecified atom stereocenters. The molecule has 0 spiro atoms. The summed E-state index contributed by atoms with van der Waals surface area (Å²) in [4.78, 5) is 25.6. The number of hydrogen-bond acceptors (Lipinski definition) is 3. The molecule has 1 saturated carbocycles. The number of carbonyl (C=O) groups excluding carboxylic acids is 1. The molecule has 5 nitrogen and oxygen atoms in total. The molecule has 5 heteroatoms. The molecule has 0 radical (unpaired) electrons. The Kier molecular flexibility index (Phi) is 4.13. The number of nitrogens with zero attached hydrogens (tertiary/aromatic N) is 1. The molecule has 1 heterocycles. The number of likely N-dealkylation sites (tertiary alicyclic amines) is 1. The molecule has 108 valence electrons. The Morgan fingerprint density at radius 1 is 1.21 bits per heavy atom. The number of carbonyl (C=O) groups is 2. The van der Waals surface area contributed by atoms with E-state index >= 15 is 0 Å². The van der Waals surface area contributed by atoms with Gasteiger partial charge in [0.25, 0.3) is 0 Å². The van der Waals surface area contributed by atoms with Crippen LogP contribution in [0.2, 0.25) is 0 Å². The van der Waals surface area contributed by atoms with Crippen molar-refractivity contribution in [2.24, 2.45) is 11.7 Å². The second-order valence-corrected chi connectivity index (χ2v) is 6.12. The highest BCUT2D eigenvalue weighted by atomic mass is 16.4. The van der Waals surface area contributed by atoms with Gasteiger partial charge in [0.15, 0.2) is 0 Å². The molecule has 0 bridgehead atoms. The summed E-state index contributed by atoms with van der Waals surface area (Å²) in [5, 5.41) is 9.38. The maximum absolute atomic E-state index is 12.7. The van der Waals surface area contributed by atoms with Gasteiger partial charge in [0.1, 0.15) is 6.04 Å². The summed E-state index contributed by atoms with van der Waals surface area (Å²) in [6.45, 7) is 2.43. The number of amides is 1. The summed E-state index contributed by atoms with van der Waals surface area (Å²) in [5.74, 6) is -1.05. The molecule has 2 atom stereocenters. The largest absolute Gasteiger partial charge is 0.480 e. The Bertz CT molecular complexity index is 364. The van der Waals surface area contributed by atoms with Gasteiger partial charge in [-0.25, -0.2) is 4.79 Å². The first-order valence-electron chi connectivity index (χ1n) is 7.28. The summed E-state index contributed by atoms with van der Waals surface area (Å²) in [6.07, 6.45) is 6.13. The van der Waals surface area contributed by atoms with Crippen LogP contribution in [0.3, 0.4) is 0 Å². The van der Waals surface area contributed by atoms with Crippen LogP contribution in [-0.4, -0.2) is 40.0 Å². The van der Waals surface area contributed by atoms with Crippen LogP contribution >= 0.6 is 0 Å². The molecule has 0 aromatic carbocycles. The summed E-state index contributed by atoms with van der Waals surface area (Å²) in [5.41, 5.74) is 5.43. The van der Waals surface area contributed by atoms with Gasteiger partial charge >= 0.3 is 5.97 Å². The number of carboxylic acids is 1. The van der Waals surface area contributed by atoms with Gasteiger partial charge in [0, 0.05) is 6.54 Å². The molecule has 3 N–H and O–H groups in total. The van der Waals surface area contributed by atoms with Gasteiger partial charge < -0.3 is 15.7 Å². The first-order valence-corrected chi connectivity index (χ1v) is 7.28. The minimum Gasteiger partial charge on any atom is -0.480 e. The zero-order valence-electron chi connectivity index (χ0n) is 11.6. The van der Waals surface area contributed by atoms with Crippen LogP contribution in [0, 0.1) is 5.92 Å². The van der Waals surface area contributed by atoms with Gasteiger partial charge in [-0.3, -0.25) is 4.79 Å². The molecule has 1 aliphatic heterocycles. The van der Waals surface area contributed by atoms with E-state index in [0.717, 1.165) is 32.1 Å². The average molecular weight is 268 g/mol. The molecular formula is C14H24N2O3. The van der Waals surface area contributed by atoms with Crippen molar-refractivity contribution in [1.29, 1.82) is 0 Å². The number of hydrogen-bond donors (Lipinski definition) is 2. The number of nitrogens with two attached hydrogens (primary N) is 1. The molecule has 19 heavy (non-hydrogen) atoms. The normalized spacial score (nSPS) is 30.9. The van der Waals surface area contributed by atoms with Crippen molar-refractivity contribution >= 4 is 11.9 Å². The lowest BCUT2D eigenvalue weighted by Gasteiger charge is -2.43. The van der Waals surface area contributed by atoms with Gasteiger partial charge in [-0.15, -0.1) is 0 Å². The Balaban J connectivity index is 2.17. The lowest BCUT2D eigenvalue weighted by Crippen LogP contribution is -2.62. The van der Waals surface area contributed by atoms with Crippen LogP contribution in [0.25, 0.3) is 0 Å². The van der Waals surface area contributed by atoms with Crippen molar-refractivity contribution in [3.05, 3.63) is 0 Å². The van der Waals surface area contributed by atoms with E-state index in [-0.39, 0.29) is 11.8 Å². The summed E-state index contributed by atoms with van der Waals surface area (Å²) >= 11 is 0. The topological polar surface area (TPSA) is 83.6 Å². The highest BCUT2D eigenvalue weighted by Crippen LogP contribution is 2.31. The van der Waals surface area contributed by atoms with Crippen molar-refractivity contribution in [2.45, 2.75) is 63.5 Å². The molecule has 0 aromatic heterocycles. The lowest BCUT2D eigenvalue weighted by molar-refractivity contribution is -0.157.